The monoisotopic (exact) mass is 387 g/mol. The van der Waals surface area contributed by atoms with Crippen LogP contribution in [0.15, 0.2) is 53.5 Å². The van der Waals surface area contributed by atoms with Gasteiger partial charge in [0.1, 0.15) is 5.70 Å². The second-order valence-corrected chi connectivity index (χ2v) is 7.78. The summed E-state index contributed by atoms with van der Waals surface area (Å²) in [6, 6.07) is 6.00. The number of fused-ring (bicyclic) bond motifs is 3. The number of benzene rings is 1. The van der Waals surface area contributed by atoms with Crippen LogP contribution < -0.4 is 5.32 Å². The summed E-state index contributed by atoms with van der Waals surface area (Å²) >= 11 is 2.77. The molecule has 2 aromatic heterocycles. The lowest BCUT2D eigenvalue weighted by molar-refractivity contribution is -0.134. The number of hydrogen-bond acceptors (Lipinski definition) is 6. The zero-order chi connectivity index (χ0) is 18.3. The highest BCUT2D eigenvalue weighted by Crippen LogP contribution is 2.31. The maximum atomic E-state index is 11.6. The predicted octanol–water partition coefficient (Wildman–Crippen LogP) is 2.69. The number of nitrogens with zero attached hydrogens (tertiary/aromatic N) is 2. The minimum absolute atomic E-state index is 0.0359. The third-order valence-corrected chi connectivity index (χ3v) is 6.22. The van der Waals surface area contributed by atoms with Crippen molar-refractivity contribution in [3.05, 3.63) is 59.0 Å². The summed E-state index contributed by atoms with van der Waals surface area (Å²) in [7, 11) is 0. The molecule has 4 rings (SSSR count). The molecule has 7 nitrogen and oxygen atoms in total. The van der Waals surface area contributed by atoms with E-state index in [9.17, 15) is 14.7 Å². The van der Waals surface area contributed by atoms with Crippen LogP contribution in [-0.2, 0) is 16.0 Å². The third kappa shape index (κ3) is 2.95. The molecule has 26 heavy (non-hydrogen) atoms. The standard InChI is InChI=1S/C17H13N3O4S2/c21-15(22)10-7-19-11(16(23)24)8-25-13(10)5-9-1-2-12-14(6-9)26-17-18-3-4-20(12)17/h1-4,6-8,13,19H,5H2,(H,21,22)(H,23,24). The summed E-state index contributed by atoms with van der Waals surface area (Å²) in [4.78, 5) is 27.9. The van der Waals surface area contributed by atoms with Gasteiger partial charge in [0, 0.05) is 29.3 Å². The van der Waals surface area contributed by atoms with Crippen LogP contribution in [0, 0.1) is 0 Å². The summed E-state index contributed by atoms with van der Waals surface area (Å²) < 4.78 is 3.09. The van der Waals surface area contributed by atoms with Gasteiger partial charge in [0.25, 0.3) is 0 Å². The van der Waals surface area contributed by atoms with Gasteiger partial charge >= 0.3 is 11.9 Å². The molecule has 3 aromatic rings. The lowest BCUT2D eigenvalue weighted by Crippen LogP contribution is -2.19. The van der Waals surface area contributed by atoms with E-state index in [2.05, 4.69) is 10.3 Å². The molecular formula is C17H13N3O4S2. The SMILES string of the molecule is O=C(O)C1=CSC(Cc2ccc3c(c2)sc2nccn23)C(C(=O)O)=CN1. The van der Waals surface area contributed by atoms with Crippen molar-refractivity contribution in [3.8, 4) is 0 Å². The molecule has 0 aliphatic carbocycles. The van der Waals surface area contributed by atoms with E-state index in [0.29, 0.717) is 6.42 Å². The number of hydrogen-bond donors (Lipinski definition) is 3. The second-order valence-electron chi connectivity index (χ2n) is 5.70. The average molecular weight is 387 g/mol. The van der Waals surface area contributed by atoms with E-state index in [4.69, 9.17) is 5.11 Å². The molecule has 0 bridgehead atoms. The van der Waals surface area contributed by atoms with E-state index < -0.39 is 17.2 Å². The van der Waals surface area contributed by atoms with Gasteiger partial charge in [-0.05, 0) is 24.1 Å². The number of aliphatic carboxylic acids is 2. The Labute approximate surface area is 155 Å². The first-order valence-electron chi connectivity index (χ1n) is 7.66. The smallest absolute Gasteiger partial charge is 0.352 e. The van der Waals surface area contributed by atoms with Crippen molar-refractivity contribution in [1.82, 2.24) is 14.7 Å². The first kappa shape index (κ1) is 16.7. The summed E-state index contributed by atoms with van der Waals surface area (Å²) in [5.74, 6) is -2.19. The van der Waals surface area contributed by atoms with E-state index in [-0.39, 0.29) is 11.3 Å². The van der Waals surface area contributed by atoms with Gasteiger partial charge in [-0.15, -0.1) is 11.8 Å². The van der Waals surface area contributed by atoms with Gasteiger partial charge in [0.2, 0.25) is 0 Å². The molecule has 3 heterocycles. The van der Waals surface area contributed by atoms with Gasteiger partial charge in [-0.2, -0.15) is 0 Å². The minimum atomic E-state index is -1.12. The van der Waals surface area contributed by atoms with Crippen molar-refractivity contribution in [2.24, 2.45) is 0 Å². The molecule has 0 fully saturated rings. The van der Waals surface area contributed by atoms with Crippen molar-refractivity contribution < 1.29 is 19.8 Å². The summed E-state index contributed by atoms with van der Waals surface area (Å²) in [6.07, 6.45) is 5.41. The van der Waals surface area contributed by atoms with Crippen LogP contribution in [0.1, 0.15) is 5.56 Å². The van der Waals surface area contributed by atoms with Crippen LogP contribution in [0.2, 0.25) is 0 Å². The van der Waals surface area contributed by atoms with Crippen LogP contribution in [0.25, 0.3) is 15.2 Å². The maximum absolute atomic E-state index is 11.6. The Morgan fingerprint density at radius 2 is 2.12 bits per heavy atom. The molecule has 3 N–H and O–H groups in total. The second kappa shape index (κ2) is 6.50. The predicted molar refractivity (Wildman–Crippen MR) is 100 cm³/mol. The van der Waals surface area contributed by atoms with Crippen molar-refractivity contribution in [1.29, 1.82) is 0 Å². The number of nitrogens with one attached hydrogen (secondary N) is 1. The van der Waals surface area contributed by atoms with Crippen molar-refractivity contribution >= 4 is 50.2 Å². The number of carboxylic acid groups (broad SMARTS) is 2. The fraction of sp³-hybridized carbons (Fsp3) is 0.118. The molecule has 0 radical (unpaired) electrons. The van der Waals surface area contributed by atoms with Crippen LogP contribution in [0.3, 0.4) is 0 Å². The van der Waals surface area contributed by atoms with E-state index in [1.807, 2.05) is 28.8 Å². The molecule has 1 atom stereocenters. The highest BCUT2D eigenvalue weighted by Gasteiger charge is 2.25. The number of carboxylic acids is 2. The largest absolute Gasteiger partial charge is 0.478 e. The molecule has 0 spiro atoms. The Balaban J connectivity index is 1.66. The highest BCUT2D eigenvalue weighted by atomic mass is 32.2. The molecule has 0 saturated carbocycles. The molecule has 0 saturated heterocycles. The van der Waals surface area contributed by atoms with Crippen LogP contribution >= 0.6 is 23.1 Å². The lowest BCUT2D eigenvalue weighted by Gasteiger charge is -2.14. The summed E-state index contributed by atoms with van der Waals surface area (Å²) in [6.45, 7) is 0. The molecule has 1 aliphatic heterocycles. The molecule has 1 aromatic carbocycles. The number of imidazole rings is 1. The van der Waals surface area contributed by atoms with E-state index >= 15 is 0 Å². The van der Waals surface area contributed by atoms with Gasteiger partial charge in [-0.3, -0.25) is 4.40 Å². The topological polar surface area (TPSA) is 104 Å². The number of carbonyl (C=O) groups is 2. The van der Waals surface area contributed by atoms with Crippen molar-refractivity contribution in [3.63, 3.8) is 0 Å². The molecule has 0 amide bonds. The molecule has 1 aliphatic rings. The van der Waals surface area contributed by atoms with Gasteiger partial charge in [-0.25, -0.2) is 14.6 Å². The van der Waals surface area contributed by atoms with Gasteiger partial charge < -0.3 is 15.5 Å². The molecular weight excluding hydrogens is 374 g/mol. The normalized spacial score (nSPS) is 17.5. The Hall–Kier alpha value is -2.78. The van der Waals surface area contributed by atoms with E-state index in [1.54, 1.807) is 17.5 Å². The first-order valence-corrected chi connectivity index (χ1v) is 9.42. The Kier molecular flexibility index (Phi) is 4.17. The van der Waals surface area contributed by atoms with Crippen molar-refractivity contribution in [2.45, 2.75) is 11.7 Å². The quantitative estimate of drug-likeness (QED) is 0.632. The van der Waals surface area contributed by atoms with Gasteiger partial charge in [0.05, 0.1) is 15.8 Å². The third-order valence-electron chi connectivity index (χ3n) is 4.07. The molecule has 132 valence electrons. The molecule has 1 unspecified atom stereocenters. The minimum Gasteiger partial charge on any atom is -0.478 e. The van der Waals surface area contributed by atoms with Crippen LogP contribution in [-0.4, -0.2) is 36.8 Å². The number of thioether (sulfide) groups is 1. The fourth-order valence-corrected chi connectivity index (χ4v) is 4.93. The van der Waals surface area contributed by atoms with Crippen molar-refractivity contribution in [2.75, 3.05) is 0 Å². The Bertz CT molecular complexity index is 1100. The van der Waals surface area contributed by atoms with Gasteiger partial charge in [0.15, 0.2) is 4.96 Å². The average Bonchev–Trinajstić information content (AvgIpc) is 3.09. The zero-order valence-electron chi connectivity index (χ0n) is 13.2. The zero-order valence-corrected chi connectivity index (χ0v) is 14.9. The Morgan fingerprint density at radius 3 is 2.88 bits per heavy atom. The highest BCUT2D eigenvalue weighted by molar-refractivity contribution is 8.03. The first-order chi connectivity index (χ1) is 12.5. The lowest BCUT2D eigenvalue weighted by atomic mass is 10.0. The summed E-state index contributed by atoms with van der Waals surface area (Å²) in [5, 5.41) is 22.2. The summed E-state index contributed by atoms with van der Waals surface area (Å²) in [5.41, 5.74) is 2.15. The number of aromatic nitrogens is 2. The van der Waals surface area contributed by atoms with Crippen LogP contribution in [0.4, 0.5) is 0 Å². The maximum Gasteiger partial charge on any atom is 0.352 e. The Morgan fingerprint density at radius 1 is 1.27 bits per heavy atom. The van der Waals surface area contributed by atoms with E-state index in [1.165, 1.54) is 23.4 Å². The van der Waals surface area contributed by atoms with E-state index in [0.717, 1.165) is 20.7 Å². The van der Waals surface area contributed by atoms with Gasteiger partial charge in [-0.1, -0.05) is 17.4 Å². The van der Waals surface area contributed by atoms with Crippen LogP contribution in [0.5, 0.6) is 0 Å². The number of thiazole rings is 1. The molecule has 9 heteroatoms. The fourth-order valence-electron chi connectivity index (χ4n) is 2.80. The number of rotatable bonds is 4.